The Bertz CT molecular complexity index is 859. The highest BCUT2D eigenvalue weighted by Gasteiger charge is 2.13. The normalized spacial score (nSPS) is 10.2. The van der Waals surface area contributed by atoms with Crippen LogP contribution in [0, 0.1) is 0 Å². The molecule has 0 fully saturated rings. The molecule has 3 aromatic rings. The minimum atomic E-state index is 0.653. The van der Waals surface area contributed by atoms with Crippen LogP contribution in [0.3, 0.4) is 0 Å². The summed E-state index contributed by atoms with van der Waals surface area (Å²) in [5.41, 5.74) is 3.26. The number of anilines is 1. The van der Waals surface area contributed by atoms with Crippen molar-refractivity contribution in [2.24, 2.45) is 0 Å². The largest absolute Gasteiger partial charge is 0.493 e. The van der Waals surface area contributed by atoms with Gasteiger partial charge in [-0.3, -0.25) is 0 Å². The van der Waals surface area contributed by atoms with Crippen LogP contribution in [0.5, 0.6) is 11.5 Å². The summed E-state index contributed by atoms with van der Waals surface area (Å²) in [5, 5.41) is 3.98. The number of nitrogens with zero attached hydrogens (tertiary/aromatic N) is 1. The third kappa shape index (κ3) is 5.24. The van der Waals surface area contributed by atoms with Gasteiger partial charge in [0.25, 0.3) is 0 Å². The van der Waals surface area contributed by atoms with Gasteiger partial charge in [-0.1, -0.05) is 60.7 Å². The lowest BCUT2D eigenvalue weighted by molar-refractivity contribution is 0.355. The monoisotopic (exact) mass is 392 g/mol. The van der Waals surface area contributed by atoms with Crippen LogP contribution in [0.25, 0.3) is 0 Å². The van der Waals surface area contributed by atoms with Gasteiger partial charge in [-0.25, -0.2) is 0 Å². The zero-order valence-electron chi connectivity index (χ0n) is 16.1. The molecule has 3 aromatic carbocycles. The Balaban J connectivity index is 1.79. The summed E-state index contributed by atoms with van der Waals surface area (Å²) in [6.07, 6.45) is 0. The molecule has 0 unspecified atom stereocenters. The van der Waals surface area contributed by atoms with Crippen LogP contribution < -0.4 is 14.8 Å². The molecule has 28 heavy (non-hydrogen) atoms. The zero-order valence-corrected chi connectivity index (χ0v) is 16.9. The van der Waals surface area contributed by atoms with Gasteiger partial charge in [0.1, 0.15) is 0 Å². The summed E-state index contributed by atoms with van der Waals surface area (Å²) in [6.45, 7) is 1.43. The van der Waals surface area contributed by atoms with Gasteiger partial charge in [-0.05, 0) is 35.5 Å². The smallest absolute Gasteiger partial charge is 0.174 e. The number of ether oxygens (including phenoxy) is 2. The Hall–Kier alpha value is -3.05. The molecule has 0 aliphatic heterocycles. The first-order valence-corrected chi connectivity index (χ1v) is 9.46. The SMILES string of the molecule is COc1ccc(NC(=S)N(Cc2ccccc2)Cc2ccccc2)cc1OC. The van der Waals surface area contributed by atoms with Crippen molar-refractivity contribution in [1.29, 1.82) is 0 Å². The van der Waals surface area contributed by atoms with E-state index in [1.807, 2.05) is 54.6 Å². The third-order valence-electron chi connectivity index (χ3n) is 4.35. The number of nitrogens with one attached hydrogen (secondary N) is 1. The van der Waals surface area contributed by atoms with Crippen LogP contribution in [0.1, 0.15) is 11.1 Å². The van der Waals surface area contributed by atoms with E-state index < -0.39 is 0 Å². The number of hydrogen-bond donors (Lipinski definition) is 1. The zero-order chi connectivity index (χ0) is 19.8. The second kappa shape index (κ2) is 9.76. The topological polar surface area (TPSA) is 33.7 Å². The Labute approximate surface area is 171 Å². The summed E-state index contributed by atoms with van der Waals surface area (Å²) >= 11 is 5.74. The predicted molar refractivity (Wildman–Crippen MR) is 118 cm³/mol. The van der Waals surface area contributed by atoms with Crippen LogP contribution in [-0.2, 0) is 13.1 Å². The number of thiocarbonyl (C=S) groups is 1. The molecule has 1 N–H and O–H groups in total. The van der Waals surface area contributed by atoms with Crippen molar-refractivity contribution in [2.75, 3.05) is 19.5 Å². The number of benzene rings is 3. The van der Waals surface area contributed by atoms with Crippen LogP contribution in [0.4, 0.5) is 5.69 Å². The minimum absolute atomic E-state index is 0.653. The van der Waals surface area contributed by atoms with Gasteiger partial charge in [0.2, 0.25) is 0 Å². The van der Waals surface area contributed by atoms with E-state index in [1.165, 1.54) is 11.1 Å². The van der Waals surface area contributed by atoms with Crippen LogP contribution in [0.2, 0.25) is 0 Å². The van der Waals surface area contributed by atoms with E-state index in [2.05, 4.69) is 34.5 Å². The van der Waals surface area contributed by atoms with Crippen molar-refractivity contribution in [3.8, 4) is 11.5 Å². The lowest BCUT2D eigenvalue weighted by Gasteiger charge is -2.26. The maximum atomic E-state index is 5.74. The molecular weight excluding hydrogens is 368 g/mol. The van der Waals surface area contributed by atoms with Crippen LogP contribution >= 0.6 is 12.2 Å². The summed E-state index contributed by atoms with van der Waals surface area (Å²) in [7, 11) is 3.24. The molecular formula is C23H24N2O2S. The van der Waals surface area contributed by atoms with Crippen LogP contribution in [-0.4, -0.2) is 24.2 Å². The summed E-state index contributed by atoms with van der Waals surface area (Å²) in [5.74, 6) is 1.34. The highest BCUT2D eigenvalue weighted by Crippen LogP contribution is 2.30. The lowest BCUT2D eigenvalue weighted by Crippen LogP contribution is -2.33. The molecule has 0 spiro atoms. The summed E-state index contributed by atoms with van der Waals surface area (Å²) in [4.78, 5) is 2.15. The van der Waals surface area contributed by atoms with Gasteiger partial charge in [-0.2, -0.15) is 0 Å². The van der Waals surface area contributed by atoms with Gasteiger partial charge in [0, 0.05) is 24.8 Å². The molecule has 0 saturated carbocycles. The average Bonchev–Trinajstić information content (AvgIpc) is 2.74. The molecule has 0 amide bonds. The maximum absolute atomic E-state index is 5.74. The van der Waals surface area contributed by atoms with Gasteiger partial charge < -0.3 is 19.7 Å². The van der Waals surface area contributed by atoms with Crippen molar-refractivity contribution >= 4 is 23.0 Å². The molecule has 0 bridgehead atoms. The predicted octanol–water partition coefficient (Wildman–Crippen LogP) is 5.10. The minimum Gasteiger partial charge on any atom is -0.493 e. The van der Waals surface area contributed by atoms with Crippen LogP contribution in [0.15, 0.2) is 78.9 Å². The molecule has 0 heterocycles. The van der Waals surface area contributed by atoms with Gasteiger partial charge in [0.15, 0.2) is 16.6 Å². The molecule has 0 radical (unpaired) electrons. The Morgan fingerprint density at radius 2 is 1.32 bits per heavy atom. The van der Waals surface area contributed by atoms with E-state index in [-0.39, 0.29) is 0 Å². The third-order valence-corrected chi connectivity index (χ3v) is 4.71. The van der Waals surface area contributed by atoms with Crippen molar-refractivity contribution in [2.45, 2.75) is 13.1 Å². The molecule has 5 heteroatoms. The molecule has 0 aliphatic rings. The molecule has 4 nitrogen and oxygen atoms in total. The fourth-order valence-electron chi connectivity index (χ4n) is 2.92. The molecule has 0 aliphatic carbocycles. The Morgan fingerprint density at radius 3 is 1.82 bits per heavy atom. The first kappa shape index (κ1) is 19.7. The lowest BCUT2D eigenvalue weighted by atomic mass is 10.2. The van der Waals surface area contributed by atoms with Gasteiger partial charge in [0.05, 0.1) is 14.2 Å². The van der Waals surface area contributed by atoms with Crippen molar-refractivity contribution in [3.05, 3.63) is 90.0 Å². The molecule has 144 valence electrons. The van der Waals surface area contributed by atoms with Crippen molar-refractivity contribution < 1.29 is 9.47 Å². The van der Waals surface area contributed by atoms with Gasteiger partial charge >= 0.3 is 0 Å². The van der Waals surface area contributed by atoms with E-state index in [1.54, 1.807) is 14.2 Å². The number of hydrogen-bond acceptors (Lipinski definition) is 3. The highest BCUT2D eigenvalue weighted by atomic mass is 32.1. The Kier molecular flexibility index (Phi) is 6.87. The fourth-order valence-corrected chi connectivity index (χ4v) is 3.17. The van der Waals surface area contributed by atoms with Gasteiger partial charge in [-0.15, -0.1) is 0 Å². The number of rotatable bonds is 7. The number of methoxy groups -OCH3 is 2. The first-order chi connectivity index (χ1) is 13.7. The fraction of sp³-hybridized carbons (Fsp3) is 0.174. The highest BCUT2D eigenvalue weighted by molar-refractivity contribution is 7.80. The van der Waals surface area contributed by atoms with E-state index in [0.717, 1.165) is 18.8 Å². The van der Waals surface area contributed by atoms with Crippen molar-refractivity contribution in [1.82, 2.24) is 4.90 Å². The standard InChI is InChI=1S/C23H24N2O2S/c1-26-21-14-13-20(15-22(21)27-2)24-23(28)25(16-18-9-5-3-6-10-18)17-19-11-7-4-8-12-19/h3-15H,16-17H2,1-2H3,(H,24,28). The molecule has 0 saturated heterocycles. The second-order valence-corrected chi connectivity index (χ2v) is 6.71. The van der Waals surface area contributed by atoms with E-state index in [0.29, 0.717) is 16.6 Å². The average molecular weight is 393 g/mol. The van der Waals surface area contributed by atoms with E-state index in [9.17, 15) is 0 Å². The van der Waals surface area contributed by atoms with E-state index in [4.69, 9.17) is 21.7 Å². The molecule has 0 atom stereocenters. The molecule has 3 rings (SSSR count). The maximum Gasteiger partial charge on any atom is 0.174 e. The summed E-state index contributed by atoms with van der Waals surface area (Å²) < 4.78 is 10.7. The van der Waals surface area contributed by atoms with Crippen molar-refractivity contribution in [3.63, 3.8) is 0 Å². The Morgan fingerprint density at radius 1 is 0.786 bits per heavy atom. The molecule has 0 aromatic heterocycles. The second-order valence-electron chi connectivity index (χ2n) is 6.33. The first-order valence-electron chi connectivity index (χ1n) is 9.05. The van der Waals surface area contributed by atoms with E-state index >= 15 is 0 Å². The quantitative estimate of drug-likeness (QED) is 0.566. The summed E-state index contributed by atoms with van der Waals surface area (Å²) in [6, 6.07) is 26.3.